The Morgan fingerprint density at radius 2 is 2.21 bits per heavy atom. The third-order valence-electron chi connectivity index (χ3n) is 3.12. The third kappa shape index (κ3) is 1.68. The Balaban J connectivity index is 2.47. The largest absolute Gasteiger partial charge is 0.399 e. The maximum absolute atomic E-state index is 12.0. The summed E-state index contributed by atoms with van der Waals surface area (Å²) in [5, 5.41) is 5.12. The Morgan fingerprint density at radius 1 is 1.42 bits per heavy atom. The topological polar surface area (TPSA) is 98.4 Å². The molecule has 6 nitrogen and oxygen atoms in total. The summed E-state index contributed by atoms with van der Waals surface area (Å²) >= 11 is 6.35. The van der Waals surface area contributed by atoms with Crippen molar-refractivity contribution in [2.75, 3.05) is 12.3 Å². The van der Waals surface area contributed by atoms with Crippen LogP contribution < -0.4 is 16.9 Å². The number of halogens is 1. The van der Waals surface area contributed by atoms with Gasteiger partial charge in [0.25, 0.3) is 5.91 Å². The van der Waals surface area contributed by atoms with Crippen molar-refractivity contribution in [2.24, 2.45) is 10.8 Å². The van der Waals surface area contributed by atoms with Gasteiger partial charge in [-0.2, -0.15) is 5.10 Å². The van der Waals surface area contributed by atoms with Crippen LogP contribution in [0, 0.1) is 0 Å². The van der Waals surface area contributed by atoms with Crippen LogP contribution in [0.4, 0.5) is 5.69 Å². The minimum absolute atomic E-state index is 0.297. The molecule has 1 aliphatic rings. The molecule has 0 saturated carbocycles. The van der Waals surface area contributed by atoms with Crippen LogP contribution in [-0.2, 0) is 6.54 Å². The van der Waals surface area contributed by atoms with Gasteiger partial charge in [0.15, 0.2) is 0 Å². The molecule has 98 valence electrons. The average Bonchev–Trinajstić information content (AvgIpc) is 2.54. The van der Waals surface area contributed by atoms with Crippen LogP contribution in [0.15, 0.2) is 17.2 Å². The Bertz CT molecular complexity index is 719. The number of amides is 1. The van der Waals surface area contributed by atoms with Crippen LogP contribution >= 0.6 is 11.6 Å². The second-order valence-electron chi connectivity index (χ2n) is 4.31. The zero-order valence-corrected chi connectivity index (χ0v) is 10.7. The van der Waals surface area contributed by atoms with E-state index in [1.807, 2.05) is 4.57 Å². The van der Waals surface area contributed by atoms with Crippen LogP contribution in [0.2, 0.25) is 5.15 Å². The first-order valence-corrected chi connectivity index (χ1v) is 6.16. The van der Waals surface area contributed by atoms with Crippen molar-refractivity contribution in [2.45, 2.75) is 6.54 Å². The van der Waals surface area contributed by atoms with Crippen molar-refractivity contribution < 1.29 is 4.79 Å². The van der Waals surface area contributed by atoms with Gasteiger partial charge in [-0.3, -0.25) is 4.79 Å². The van der Waals surface area contributed by atoms with E-state index >= 15 is 0 Å². The number of nitrogens with one attached hydrogen (secondary N) is 1. The molecule has 1 amide bonds. The molecule has 7 heteroatoms. The highest BCUT2D eigenvalue weighted by Gasteiger charge is 2.22. The van der Waals surface area contributed by atoms with Crippen molar-refractivity contribution in [1.29, 1.82) is 0 Å². The van der Waals surface area contributed by atoms with Crippen LogP contribution in [0.3, 0.4) is 0 Å². The van der Waals surface area contributed by atoms with Gasteiger partial charge >= 0.3 is 0 Å². The van der Waals surface area contributed by atoms with Crippen LogP contribution in [0.1, 0.15) is 15.9 Å². The van der Waals surface area contributed by atoms with E-state index < -0.39 is 0 Å². The van der Waals surface area contributed by atoms with Gasteiger partial charge in [-0.05, 0) is 12.1 Å². The maximum atomic E-state index is 12.0. The summed E-state index contributed by atoms with van der Waals surface area (Å²) in [5.41, 5.74) is 16.3. The Morgan fingerprint density at radius 3 is 2.95 bits per heavy atom. The number of nitrogen functional groups attached to an aromatic ring is 1. The molecule has 2 aromatic rings. The minimum atomic E-state index is -0.297. The van der Waals surface area contributed by atoms with Crippen molar-refractivity contribution in [3.8, 4) is 0 Å². The van der Waals surface area contributed by atoms with E-state index in [0.717, 1.165) is 10.9 Å². The molecule has 0 fully saturated rings. The standard InChI is InChI=1S/C12H12ClN5O/c13-11-8-5-16-17-12(19)7-3-6(15)4-9(10(7)8)18(11)2-1-14/h3-5H,1-2,14-15H2,(H,17,19). The molecule has 0 saturated heterocycles. The van der Waals surface area contributed by atoms with E-state index in [1.54, 1.807) is 18.3 Å². The molecule has 0 unspecified atom stereocenters. The normalized spacial score (nSPS) is 13.7. The fourth-order valence-electron chi connectivity index (χ4n) is 2.36. The number of carbonyl (C=O) groups excluding carboxylic acids is 1. The first-order chi connectivity index (χ1) is 9.13. The molecule has 5 N–H and O–H groups in total. The second kappa shape index (κ2) is 4.25. The molecular formula is C12H12ClN5O. The molecule has 0 bridgehead atoms. The van der Waals surface area contributed by atoms with E-state index in [1.165, 1.54) is 0 Å². The fraction of sp³-hybridized carbons (Fsp3) is 0.167. The highest BCUT2D eigenvalue weighted by Crippen LogP contribution is 2.34. The number of rotatable bonds is 2. The Kier molecular flexibility index (Phi) is 2.69. The lowest BCUT2D eigenvalue weighted by atomic mass is 10.1. The summed E-state index contributed by atoms with van der Waals surface area (Å²) in [7, 11) is 0. The smallest absolute Gasteiger partial charge is 0.272 e. The third-order valence-corrected chi connectivity index (χ3v) is 3.52. The Labute approximate surface area is 114 Å². The van der Waals surface area contributed by atoms with E-state index in [2.05, 4.69) is 10.5 Å². The monoisotopic (exact) mass is 277 g/mol. The van der Waals surface area contributed by atoms with E-state index in [-0.39, 0.29) is 5.91 Å². The van der Waals surface area contributed by atoms with Gasteiger partial charge in [0, 0.05) is 29.7 Å². The number of benzene rings is 1. The van der Waals surface area contributed by atoms with Gasteiger partial charge in [-0.1, -0.05) is 11.6 Å². The van der Waals surface area contributed by atoms with E-state index in [9.17, 15) is 4.79 Å². The van der Waals surface area contributed by atoms with Gasteiger partial charge < -0.3 is 16.0 Å². The lowest BCUT2D eigenvalue weighted by Gasteiger charge is -2.07. The van der Waals surface area contributed by atoms with Crippen LogP contribution in [-0.4, -0.2) is 23.2 Å². The van der Waals surface area contributed by atoms with Crippen molar-refractivity contribution in [1.82, 2.24) is 9.99 Å². The minimum Gasteiger partial charge on any atom is -0.399 e. The average molecular weight is 278 g/mol. The highest BCUT2D eigenvalue weighted by molar-refractivity contribution is 6.35. The van der Waals surface area contributed by atoms with Gasteiger partial charge in [0.05, 0.1) is 17.3 Å². The van der Waals surface area contributed by atoms with E-state index in [4.69, 9.17) is 23.1 Å². The zero-order valence-electron chi connectivity index (χ0n) is 9.98. The van der Waals surface area contributed by atoms with Crippen molar-refractivity contribution in [3.63, 3.8) is 0 Å². The predicted octanol–water partition coefficient (Wildman–Crippen LogP) is 0.913. The lowest BCUT2D eigenvalue weighted by molar-refractivity contribution is 0.0957. The number of nitrogens with zero attached hydrogens (tertiary/aromatic N) is 2. The number of nitrogens with two attached hydrogens (primary N) is 2. The molecule has 3 rings (SSSR count). The molecule has 0 spiro atoms. The molecule has 2 heterocycles. The summed E-state index contributed by atoms with van der Waals surface area (Å²) < 4.78 is 1.84. The molecule has 1 aromatic carbocycles. The maximum Gasteiger partial charge on any atom is 0.272 e. The highest BCUT2D eigenvalue weighted by atomic mass is 35.5. The first kappa shape index (κ1) is 12.0. The van der Waals surface area contributed by atoms with Crippen molar-refractivity contribution >= 4 is 40.3 Å². The zero-order chi connectivity index (χ0) is 13.6. The van der Waals surface area contributed by atoms with Gasteiger partial charge in [0.1, 0.15) is 5.15 Å². The number of hydrogen-bond donors (Lipinski definition) is 3. The molecule has 1 aromatic heterocycles. The first-order valence-electron chi connectivity index (χ1n) is 5.78. The van der Waals surface area contributed by atoms with Gasteiger partial charge in [-0.25, -0.2) is 5.43 Å². The fourth-order valence-corrected chi connectivity index (χ4v) is 2.68. The molecular weight excluding hydrogens is 266 g/mol. The quantitative estimate of drug-likeness (QED) is 0.712. The summed E-state index contributed by atoms with van der Waals surface area (Å²) in [6.07, 6.45) is 1.54. The van der Waals surface area contributed by atoms with Gasteiger partial charge in [0.2, 0.25) is 0 Å². The number of carbonyl (C=O) groups is 1. The lowest BCUT2D eigenvalue weighted by Crippen LogP contribution is -2.17. The number of aromatic nitrogens is 1. The van der Waals surface area contributed by atoms with Crippen LogP contribution in [0.5, 0.6) is 0 Å². The summed E-state index contributed by atoms with van der Waals surface area (Å²) in [4.78, 5) is 12.0. The number of hydrazone groups is 1. The Hall–Kier alpha value is -2.05. The molecule has 19 heavy (non-hydrogen) atoms. The summed E-state index contributed by atoms with van der Waals surface area (Å²) in [5.74, 6) is -0.297. The number of anilines is 1. The molecule has 1 aliphatic heterocycles. The predicted molar refractivity (Wildman–Crippen MR) is 75.5 cm³/mol. The molecule has 0 aliphatic carbocycles. The summed E-state index contributed by atoms with van der Waals surface area (Å²) in [6, 6.07) is 3.41. The van der Waals surface area contributed by atoms with E-state index in [0.29, 0.717) is 35.1 Å². The molecule has 0 atom stereocenters. The second-order valence-corrected chi connectivity index (χ2v) is 4.66. The SMILES string of the molecule is NCCn1c(Cl)c2c3c(cc(N)cc31)C(=O)NN=C2. The van der Waals surface area contributed by atoms with Crippen molar-refractivity contribution in [3.05, 3.63) is 28.4 Å². The van der Waals surface area contributed by atoms with Crippen LogP contribution in [0.25, 0.3) is 10.9 Å². The number of hydrogen-bond acceptors (Lipinski definition) is 4. The molecule has 0 radical (unpaired) electrons. The van der Waals surface area contributed by atoms with Gasteiger partial charge in [-0.15, -0.1) is 0 Å². The summed E-state index contributed by atoms with van der Waals surface area (Å²) in [6.45, 7) is 0.990.